The zero-order valence-corrected chi connectivity index (χ0v) is 55.0. The first-order valence-electron chi connectivity index (χ1n) is 36.3. The Morgan fingerprint density at radius 1 is 0.256 bits per heavy atom. The van der Waals surface area contributed by atoms with Crippen LogP contribution in [0.25, 0.3) is 0 Å². The van der Waals surface area contributed by atoms with E-state index in [1.807, 2.05) is 0 Å². The molecule has 478 valence electrons. The molecule has 1 atom stereocenters. The molecule has 0 amide bonds. The van der Waals surface area contributed by atoms with Crippen LogP contribution in [0.15, 0.2) is 60.8 Å². The van der Waals surface area contributed by atoms with Crippen LogP contribution in [-0.2, 0) is 28.6 Å². The molecule has 0 N–H and O–H groups in total. The fourth-order valence-corrected chi connectivity index (χ4v) is 10.8. The molecule has 0 rings (SSSR count). The Balaban J connectivity index is 4.34. The highest BCUT2D eigenvalue weighted by molar-refractivity contribution is 5.71. The van der Waals surface area contributed by atoms with E-state index >= 15 is 0 Å². The number of carbonyl (C=O) groups excluding carboxylic acids is 3. The molecule has 82 heavy (non-hydrogen) atoms. The number of carbonyl (C=O) groups is 3. The van der Waals surface area contributed by atoms with Gasteiger partial charge in [-0.05, 0) is 83.5 Å². The monoisotopic (exact) mass is 1150 g/mol. The topological polar surface area (TPSA) is 78.9 Å². The third-order valence-electron chi connectivity index (χ3n) is 16.3. The first-order chi connectivity index (χ1) is 40.5. The summed E-state index contributed by atoms with van der Waals surface area (Å²) in [5, 5.41) is 0. The molecule has 0 aromatic heterocycles. The Morgan fingerprint density at radius 3 is 0.756 bits per heavy atom. The smallest absolute Gasteiger partial charge is 0.306 e. The quantitative estimate of drug-likeness (QED) is 0.0261. The third-order valence-corrected chi connectivity index (χ3v) is 16.3. The van der Waals surface area contributed by atoms with Gasteiger partial charge in [0.15, 0.2) is 6.10 Å². The van der Waals surface area contributed by atoms with Gasteiger partial charge >= 0.3 is 17.9 Å². The molecule has 6 nitrogen and oxygen atoms in total. The summed E-state index contributed by atoms with van der Waals surface area (Å²) in [6, 6.07) is 0. The molecule has 0 spiro atoms. The lowest BCUT2D eigenvalue weighted by Gasteiger charge is -2.18. The van der Waals surface area contributed by atoms with Gasteiger partial charge in [-0.1, -0.05) is 345 Å². The highest BCUT2D eigenvalue weighted by Gasteiger charge is 2.19. The second-order valence-electron chi connectivity index (χ2n) is 24.5. The minimum Gasteiger partial charge on any atom is -0.462 e. The lowest BCUT2D eigenvalue weighted by atomic mass is 10.0. The number of allylic oxidation sites excluding steroid dienone is 10. The van der Waals surface area contributed by atoms with Crippen molar-refractivity contribution in [3.05, 3.63) is 60.8 Å². The normalized spacial score (nSPS) is 12.4. The van der Waals surface area contributed by atoms with Crippen LogP contribution in [-0.4, -0.2) is 37.2 Å². The molecular weight excluding hydrogens is 1010 g/mol. The summed E-state index contributed by atoms with van der Waals surface area (Å²) >= 11 is 0. The van der Waals surface area contributed by atoms with Gasteiger partial charge in [-0.15, -0.1) is 0 Å². The number of hydrogen-bond acceptors (Lipinski definition) is 6. The van der Waals surface area contributed by atoms with Gasteiger partial charge in [-0.25, -0.2) is 0 Å². The molecule has 0 aromatic rings. The Morgan fingerprint density at radius 2 is 0.476 bits per heavy atom. The summed E-state index contributed by atoms with van der Waals surface area (Å²) in [4.78, 5) is 38.5. The maximum absolute atomic E-state index is 13.0. The van der Waals surface area contributed by atoms with Crippen molar-refractivity contribution >= 4 is 17.9 Å². The van der Waals surface area contributed by atoms with Gasteiger partial charge in [0.1, 0.15) is 13.2 Å². The van der Waals surface area contributed by atoms with Crippen molar-refractivity contribution in [2.45, 2.75) is 393 Å². The minimum atomic E-state index is -0.781. The molecule has 0 saturated heterocycles. The summed E-state index contributed by atoms with van der Waals surface area (Å²) < 4.78 is 17.0. The van der Waals surface area contributed by atoms with Crippen molar-refractivity contribution in [3.8, 4) is 0 Å². The largest absolute Gasteiger partial charge is 0.462 e. The van der Waals surface area contributed by atoms with Crippen molar-refractivity contribution in [1.29, 1.82) is 0 Å². The van der Waals surface area contributed by atoms with Crippen LogP contribution in [0.5, 0.6) is 0 Å². The number of unbranched alkanes of at least 4 members (excludes halogenated alkanes) is 46. The van der Waals surface area contributed by atoms with E-state index in [0.717, 1.165) is 89.9 Å². The predicted octanol–water partition coefficient (Wildman–Crippen LogP) is 25.1. The number of esters is 3. The maximum atomic E-state index is 13.0. The molecule has 0 saturated carbocycles. The Bertz CT molecular complexity index is 1460. The Hall–Kier alpha value is -2.89. The zero-order chi connectivity index (χ0) is 59.2. The molecular formula is C76H138O6. The average Bonchev–Trinajstić information content (AvgIpc) is 3.47. The van der Waals surface area contributed by atoms with Crippen LogP contribution < -0.4 is 0 Å². The van der Waals surface area contributed by atoms with Crippen molar-refractivity contribution in [1.82, 2.24) is 0 Å². The first kappa shape index (κ1) is 79.1. The number of rotatable bonds is 67. The van der Waals surface area contributed by atoms with Crippen molar-refractivity contribution in [2.75, 3.05) is 13.2 Å². The molecule has 0 heterocycles. The highest BCUT2D eigenvalue weighted by Crippen LogP contribution is 2.18. The van der Waals surface area contributed by atoms with Crippen LogP contribution in [0.4, 0.5) is 0 Å². The zero-order valence-electron chi connectivity index (χ0n) is 55.0. The molecule has 6 heteroatoms. The van der Waals surface area contributed by atoms with E-state index in [1.165, 1.54) is 257 Å². The standard InChI is InChI=1S/C76H138O6/c1-4-7-10-13-16-19-22-25-28-31-34-36-38-40-42-45-48-51-54-57-60-63-66-69-75(78)81-72-73(71-80-74(77)68-65-62-59-56-53-50-47-44-41-33-30-27-24-21-18-15-12-9-6-3)82-76(79)70-67-64-61-58-55-52-49-46-43-39-37-35-32-29-26-23-20-17-14-11-8-5-2/h9,12,18,21,27,30-31,34,41,44,73H,4-8,10-11,13-17,19-20,22-26,28-29,32-33,35-40,42-43,45-72H2,1-3H3/b12-9-,21-18-,30-27-,34-31-,44-41-. The van der Waals surface area contributed by atoms with Gasteiger partial charge in [-0.2, -0.15) is 0 Å². The van der Waals surface area contributed by atoms with Gasteiger partial charge in [-0.3, -0.25) is 14.4 Å². The predicted molar refractivity (Wildman–Crippen MR) is 358 cm³/mol. The number of hydrogen-bond donors (Lipinski definition) is 0. The van der Waals surface area contributed by atoms with Gasteiger partial charge in [0.05, 0.1) is 0 Å². The Kier molecular flexibility index (Phi) is 68.1. The van der Waals surface area contributed by atoms with E-state index in [4.69, 9.17) is 14.2 Å². The SMILES string of the molecule is CC/C=C\C/C=C\C/C=C\C/C=C\CCCCCCCCC(=O)OCC(COC(=O)CCCCCCCCCCCCC/C=C\CCCCCCCCCC)OC(=O)CCCCCCCCCCCCCCCCCCCCCCCC. The fraction of sp³-hybridized carbons (Fsp3) is 0.829. The highest BCUT2D eigenvalue weighted by atomic mass is 16.6. The summed E-state index contributed by atoms with van der Waals surface area (Å²) in [6.45, 7) is 6.59. The van der Waals surface area contributed by atoms with Crippen LogP contribution >= 0.6 is 0 Å². The summed E-state index contributed by atoms with van der Waals surface area (Å²) in [6.07, 6.45) is 91.1. The van der Waals surface area contributed by atoms with E-state index in [9.17, 15) is 14.4 Å². The van der Waals surface area contributed by atoms with Crippen LogP contribution in [0.1, 0.15) is 387 Å². The molecule has 0 aromatic carbocycles. The van der Waals surface area contributed by atoms with Gasteiger partial charge < -0.3 is 14.2 Å². The molecule has 0 aliphatic rings. The molecule has 0 radical (unpaired) electrons. The van der Waals surface area contributed by atoms with E-state index in [0.29, 0.717) is 19.3 Å². The number of ether oxygens (including phenoxy) is 3. The van der Waals surface area contributed by atoms with Gasteiger partial charge in [0, 0.05) is 19.3 Å². The van der Waals surface area contributed by atoms with Gasteiger partial charge in [0.2, 0.25) is 0 Å². The Labute approximate surface area is 510 Å². The average molecular weight is 1150 g/mol. The van der Waals surface area contributed by atoms with Crippen LogP contribution in [0.3, 0.4) is 0 Å². The molecule has 0 aliphatic carbocycles. The fourth-order valence-electron chi connectivity index (χ4n) is 10.8. The van der Waals surface area contributed by atoms with Crippen molar-refractivity contribution in [3.63, 3.8) is 0 Å². The van der Waals surface area contributed by atoms with E-state index in [-0.39, 0.29) is 31.1 Å². The minimum absolute atomic E-state index is 0.0752. The van der Waals surface area contributed by atoms with Crippen molar-refractivity contribution < 1.29 is 28.6 Å². The second kappa shape index (κ2) is 70.6. The van der Waals surface area contributed by atoms with E-state index in [2.05, 4.69) is 81.5 Å². The summed E-state index contributed by atoms with van der Waals surface area (Å²) in [7, 11) is 0. The third kappa shape index (κ3) is 67.9. The van der Waals surface area contributed by atoms with Gasteiger partial charge in [0.25, 0.3) is 0 Å². The van der Waals surface area contributed by atoms with E-state index in [1.54, 1.807) is 0 Å². The summed E-state index contributed by atoms with van der Waals surface area (Å²) in [5.41, 5.74) is 0. The lowest BCUT2D eigenvalue weighted by molar-refractivity contribution is -0.167. The van der Waals surface area contributed by atoms with Crippen molar-refractivity contribution in [2.24, 2.45) is 0 Å². The lowest BCUT2D eigenvalue weighted by Crippen LogP contribution is -2.30. The maximum Gasteiger partial charge on any atom is 0.306 e. The molecule has 1 unspecified atom stereocenters. The summed E-state index contributed by atoms with van der Waals surface area (Å²) in [5.74, 6) is -0.863. The molecule has 0 fully saturated rings. The molecule has 0 aliphatic heterocycles. The van der Waals surface area contributed by atoms with Crippen LogP contribution in [0, 0.1) is 0 Å². The molecule has 0 bridgehead atoms. The second-order valence-corrected chi connectivity index (χ2v) is 24.5. The first-order valence-corrected chi connectivity index (χ1v) is 36.3. The van der Waals surface area contributed by atoms with E-state index < -0.39 is 6.10 Å². The van der Waals surface area contributed by atoms with Crippen LogP contribution in [0.2, 0.25) is 0 Å².